The quantitative estimate of drug-likeness (QED) is 0.277. The first-order valence-electron chi connectivity index (χ1n) is 11.3. The molecule has 12 heteroatoms. The Morgan fingerprint density at radius 3 is 2.59 bits per heavy atom. The number of nitrogens with zero attached hydrogens (tertiary/aromatic N) is 6. The van der Waals surface area contributed by atoms with Gasteiger partial charge in [0.15, 0.2) is 5.65 Å². The zero-order valence-electron chi connectivity index (χ0n) is 20.4. The van der Waals surface area contributed by atoms with Gasteiger partial charge in [0.05, 0.1) is 22.5 Å². The molecule has 0 aliphatic heterocycles. The van der Waals surface area contributed by atoms with Gasteiger partial charge in [-0.25, -0.2) is 4.68 Å². The van der Waals surface area contributed by atoms with Gasteiger partial charge in [-0.15, -0.1) is 0 Å². The van der Waals surface area contributed by atoms with Crippen LogP contribution in [0.2, 0.25) is 0 Å². The summed E-state index contributed by atoms with van der Waals surface area (Å²) >= 11 is 0. The molecule has 3 heterocycles. The minimum absolute atomic E-state index is 0.0721. The Morgan fingerprint density at radius 2 is 1.84 bits per heavy atom. The number of hydrogen-bond acceptors (Lipinski definition) is 7. The van der Waals surface area contributed by atoms with E-state index in [1.165, 1.54) is 29.1 Å². The molecule has 186 valence electrons. The molecule has 5 rings (SSSR count). The van der Waals surface area contributed by atoms with Crippen LogP contribution in [-0.2, 0) is 0 Å². The van der Waals surface area contributed by atoms with E-state index in [-0.39, 0.29) is 23.0 Å². The maximum Gasteiger partial charge on any atom is 0.273 e. The summed E-state index contributed by atoms with van der Waals surface area (Å²) in [6, 6.07) is 11.6. The van der Waals surface area contributed by atoms with Gasteiger partial charge in [-0.05, 0) is 51.0 Å². The first-order valence-corrected chi connectivity index (χ1v) is 11.3. The van der Waals surface area contributed by atoms with Crippen LogP contribution in [0, 0.1) is 37.8 Å². The third-order valence-electron chi connectivity index (χ3n) is 6.17. The molecule has 0 unspecified atom stereocenters. The van der Waals surface area contributed by atoms with Gasteiger partial charge >= 0.3 is 0 Å². The molecule has 0 bridgehead atoms. The summed E-state index contributed by atoms with van der Waals surface area (Å²) in [6.45, 7) is 7.27. The highest BCUT2D eigenvalue weighted by molar-refractivity contribution is 6.04. The van der Waals surface area contributed by atoms with Gasteiger partial charge in [-0.3, -0.25) is 24.7 Å². The molecule has 5 aromatic rings. The van der Waals surface area contributed by atoms with E-state index in [2.05, 4.69) is 25.5 Å². The number of carbonyl (C=O) groups is 1. The van der Waals surface area contributed by atoms with Crippen molar-refractivity contribution in [3.05, 3.63) is 97.1 Å². The predicted molar refractivity (Wildman–Crippen MR) is 137 cm³/mol. The fourth-order valence-corrected chi connectivity index (χ4v) is 4.03. The number of anilines is 1. The van der Waals surface area contributed by atoms with Crippen LogP contribution in [0.4, 0.5) is 11.5 Å². The molecule has 0 aliphatic carbocycles. The standard InChI is InChI=1S/C25H22N8O4/c1-13-6-5-7-19(16(13)4)31-22-18(12-26-31)24(35)29-25(28-22)32-21(10-15(3)30-32)27-23(34)17-9-8-14(2)20(11-17)33(36)37/h5-12H,1-4H3,(H,27,34)(H,28,29,35). The van der Waals surface area contributed by atoms with Crippen LogP contribution in [0.25, 0.3) is 22.7 Å². The second kappa shape index (κ2) is 8.82. The van der Waals surface area contributed by atoms with Crippen LogP contribution in [0.5, 0.6) is 0 Å². The summed E-state index contributed by atoms with van der Waals surface area (Å²) in [5.74, 6) is -0.276. The van der Waals surface area contributed by atoms with Gasteiger partial charge in [0, 0.05) is 23.3 Å². The molecule has 12 nitrogen and oxygen atoms in total. The third kappa shape index (κ3) is 4.14. The summed E-state index contributed by atoms with van der Waals surface area (Å²) in [6.07, 6.45) is 1.45. The maximum atomic E-state index is 13.0. The van der Waals surface area contributed by atoms with Crippen LogP contribution in [0.15, 0.2) is 53.5 Å². The number of amides is 1. The molecule has 0 saturated carbocycles. The zero-order chi connectivity index (χ0) is 26.4. The second-order valence-corrected chi connectivity index (χ2v) is 8.70. The molecule has 2 N–H and O–H groups in total. The third-order valence-corrected chi connectivity index (χ3v) is 6.17. The Labute approximate surface area is 209 Å². The van der Waals surface area contributed by atoms with E-state index in [0.29, 0.717) is 22.3 Å². The van der Waals surface area contributed by atoms with Gasteiger partial charge < -0.3 is 5.32 Å². The SMILES string of the molecule is Cc1cc(NC(=O)c2ccc(C)c([N+](=O)[O-])c2)n(-c2nc3c(cnn3-c3cccc(C)c3C)c(=O)[nH]2)n1. The largest absolute Gasteiger partial charge is 0.306 e. The van der Waals surface area contributed by atoms with Crippen molar-refractivity contribution >= 4 is 28.4 Å². The number of aryl methyl sites for hydroxylation is 3. The lowest BCUT2D eigenvalue weighted by molar-refractivity contribution is -0.385. The number of fused-ring (bicyclic) bond motifs is 1. The number of aromatic amines is 1. The molecule has 0 atom stereocenters. The Kier molecular flexibility index (Phi) is 5.63. The highest BCUT2D eigenvalue weighted by atomic mass is 16.6. The van der Waals surface area contributed by atoms with Gasteiger partial charge in [0.1, 0.15) is 11.2 Å². The van der Waals surface area contributed by atoms with E-state index in [1.807, 2.05) is 32.0 Å². The van der Waals surface area contributed by atoms with Crippen molar-refractivity contribution in [3.63, 3.8) is 0 Å². The predicted octanol–water partition coefficient (Wildman–Crippen LogP) is 3.69. The van der Waals surface area contributed by atoms with Crippen LogP contribution in [0.1, 0.15) is 32.7 Å². The lowest BCUT2D eigenvalue weighted by atomic mass is 10.1. The van der Waals surface area contributed by atoms with E-state index >= 15 is 0 Å². The number of rotatable bonds is 5. The van der Waals surface area contributed by atoms with Crippen LogP contribution in [0.3, 0.4) is 0 Å². The molecule has 0 spiro atoms. The minimum Gasteiger partial charge on any atom is -0.306 e. The molecule has 0 fully saturated rings. The lowest BCUT2D eigenvalue weighted by Gasteiger charge is -2.11. The summed E-state index contributed by atoms with van der Waals surface area (Å²) in [7, 11) is 0. The van der Waals surface area contributed by atoms with E-state index < -0.39 is 16.4 Å². The Bertz CT molecular complexity index is 1780. The monoisotopic (exact) mass is 498 g/mol. The number of hydrogen-bond donors (Lipinski definition) is 2. The molecule has 3 aromatic heterocycles. The normalized spacial score (nSPS) is 11.1. The summed E-state index contributed by atoms with van der Waals surface area (Å²) in [5, 5.41) is 23.1. The number of nitro groups is 1. The smallest absolute Gasteiger partial charge is 0.273 e. The molecule has 37 heavy (non-hydrogen) atoms. The highest BCUT2D eigenvalue weighted by Crippen LogP contribution is 2.23. The summed E-state index contributed by atoms with van der Waals surface area (Å²) in [5.41, 5.74) is 3.69. The van der Waals surface area contributed by atoms with Crippen molar-refractivity contribution in [1.82, 2.24) is 29.5 Å². The van der Waals surface area contributed by atoms with Crippen molar-refractivity contribution in [2.75, 3.05) is 5.32 Å². The number of benzene rings is 2. The highest BCUT2D eigenvalue weighted by Gasteiger charge is 2.20. The fourth-order valence-electron chi connectivity index (χ4n) is 4.03. The van der Waals surface area contributed by atoms with E-state index in [0.717, 1.165) is 16.8 Å². The number of carbonyl (C=O) groups excluding carboxylic acids is 1. The molecular formula is C25H22N8O4. The average Bonchev–Trinajstić information content (AvgIpc) is 3.44. The first kappa shape index (κ1) is 23.6. The molecule has 0 radical (unpaired) electrons. The molecule has 0 saturated heterocycles. The van der Waals surface area contributed by atoms with Crippen LogP contribution in [-0.4, -0.2) is 40.4 Å². The van der Waals surface area contributed by atoms with Crippen molar-refractivity contribution < 1.29 is 9.72 Å². The van der Waals surface area contributed by atoms with E-state index in [9.17, 15) is 19.7 Å². The van der Waals surface area contributed by atoms with Crippen molar-refractivity contribution in [2.24, 2.45) is 0 Å². The molecular weight excluding hydrogens is 476 g/mol. The van der Waals surface area contributed by atoms with Crippen molar-refractivity contribution in [1.29, 1.82) is 0 Å². The van der Waals surface area contributed by atoms with Gasteiger partial charge in [0.25, 0.3) is 17.2 Å². The minimum atomic E-state index is -0.576. The van der Waals surface area contributed by atoms with Gasteiger partial charge in [-0.2, -0.15) is 19.9 Å². The first-order chi connectivity index (χ1) is 17.6. The number of nitrogens with one attached hydrogen (secondary N) is 2. The Hall–Kier alpha value is -5.13. The lowest BCUT2D eigenvalue weighted by Crippen LogP contribution is -2.19. The summed E-state index contributed by atoms with van der Waals surface area (Å²) < 4.78 is 2.90. The zero-order valence-corrected chi connectivity index (χ0v) is 20.4. The Morgan fingerprint density at radius 1 is 1.05 bits per heavy atom. The second-order valence-electron chi connectivity index (χ2n) is 8.70. The van der Waals surface area contributed by atoms with Crippen molar-refractivity contribution in [2.45, 2.75) is 27.7 Å². The number of H-pyrrole nitrogens is 1. The number of aromatic nitrogens is 6. The number of nitro benzene ring substituents is 1. The molecule has 0 aliphatic rings. The van der Waals surface area contributed by atoms with Gasteiger partial charge in [-0.1, -0.05) is 18.2 Å². The fraction of sp³-hybridized carbons (Fsp3) is 0.160. The van der Waals surface area contributed by atoms with Crippen molar-refractivity contribution in [3.8, 4) is 11.6 Å². The Balaban J connectivity index is 1.58. The summed E-state index contributed by atoms with van der Waals surface area (Å²) in [4.78, 5) is 44.0. The van der Waals surface area contributed by atoms with Crippen LogP contribution < -0.4 is 10.9 Å². The molecule has 1 amide bonds. The topological polar surface area (TPSA) is 154 Å². The van der Waals surface area contributed by atoms with E-state index in [1.54, 1.807) is 24.6 Å². The maximum absolute atomic E-state index is 13.0. The van der Waals surface area contributed by atoms with Gasteiger partial charge in [0.2, 0.25) is 5.95 Å². The van der Waals surface area contributed by atoms with Crippen LogP contribution >= 0.6 is 0 Å². The average molecular weight is 499 g/mol. The molecule has 2 aromatic carbocycles. The van der Waals surface area contributed by atoms with E-state index in [4.69, 9.17) is 0 Å².